The van der Waals surface area contributed by atoms with Gasteiger partial charge < -0.3 is 14.8 Å². The number of nitrogens with one attached hydrogen (secondary N) is 1. The van der Waals surface area contributed by atoms with E-state index in [0.717, 1.165) is 17.3 Å². The zero-order chi connectivity index (χ0) is 15.1. The molecule has 2 aromatic rings. The summed E-state index contributed by atoms with van der Waals surface area (Å²) >= 11 is 1.80. The summed E-state index contributed by atoms with van der Waals surface area (Å²) in [5.74, 6) is 2.73. The third-order valence-corrected chi connectivity index (χ3v) is 4.41. The molecule has 1 atom stereocenters. The van der Waals surface area contributed by atoms with Crippen molar-refractivity contribution in [3.8, 4) is 11.5 Å². The molecule has 1 unspecified atom stereocenters. The van der Waals surface area contributed by atoms with Gasteiger partial charge in [-0.1, -0.05) is 24.3 Å². The molecule has 0 aliphatic rings. The highest BCUT2D eigenvalue weighted by molar-refractivity contribution is 7.99. The maximum atomic E-state index is 5.45. The first kappa shape index (κ1) is 15.7. The second-order valence-electron chi connectivity index (χ2n) is 4.57. The van der Waals surface area contributed by atoms with Crippen LogP contribution in [0.1, 0.15) is 11.6 Å². The minimum atomic E-state index is 0.234. The van der Waals surface area contributed by atoms with Crippen LogP contribution < -0.4 is 14.8 Å². The van der Waals surface area contributed by atoms with Crippen molar-refractivity contribution in [2.24, 2.45) is 0 Å². The Hall–Kier alpha value is -1.65. The molecule has 0 saturated heterocycles. The van der Waals surface area contributed by atoms with Crippen molar-refractivity contribution >= 4 is 11.8 Å². The van der Waals surface area contributed by atoms with Gasteiger partial charge in [0.1, 0.15) is 11.5 Å². The van der Waals surface area contributed by atoms with Crippen LogP contribution in [0.2, 0.25) is 0 Å². The molecular weight excluding hydrogens is 282 g/mol. The standard InChI is InChI=1S/C17H21NO2S/c1-18-16(15-9-4-5-10-17(15)20-3)12-21-14-8-6-7-13(11-14)19-2/h4-11,16,18H,12H2,1-3H3. The molecule has 0 aromatic heterocycles. The van der Waals surface area contributed by atoms with Gasteiger partial charge in [-0.3, -0.25) is 0 Å². The Balaban J connectivity index is 2.08. The van der Waals surface area contributed by atoms with E-state index >= 15 is 0 Å². The zero-order valence-electron chi connectivity index (χ0n) is 12.6. The van der Waals surface area contributed by atoms with Gasteiger partial charge in [-0.15, -0.1) is 11.8 Å². The molecule has 3 nitrogen and oxygen atoms in total. The van der Waals surface area contributed by atoms with Gasteiger partial charge in [-0.05, 0) is 31.3 Å². The lowest BCUT2D eigenvalue weighted by atomic mass is 10.1. The van der Waals surface area contributed by atoms with E-state index in [0.29, 0.717) is 0 Å². The van der Waals surface area contributed by atoms with Crippen molar-refractivity contribution in [2.45, 2.75) is 10.9 Å². The Morgan fingerprint density at radius 3 is 2.57 bits per heavy atom. The Bertz CT molecular complexity index is 574. The molecule has 0 bridgehead atoms. The van der Waals surface area contributed by atoms with Crippen LogP contribution in [-0.4, -0.2) is 27.0 Å². The highest BCUT2D eigenvalue weighted by atomic mass is 32.2. The molecule has 0 fully saturated rings. The largest absolute Gasteiger partial charge is 0.497 e. The maximum Gasteiger partial charge on any atom is 0.123 e. The minimum absolute atomic E-state index is 0.234. The normalized spacial score (nSPS) is 12.0. The molecule has 0 heterocycles. The van der Waals surface area contributed by atoms with Gasteiger partial charge in [0.25, 0.3) is 0 Å². The van der Waals surface area contributed by atoms with Crippen LogP contribution in [-0.2, 0) is 0 Å². The number of hydrogen-bond donors (Lipinski definition) is 1. The summed E-state index contributed by atoms with van der Waals surface area (Å²) in [7, 11) is 5.37. The Kier molecular flexibility index (Phi) is 5.96. The molecule has 2 aromatic carbocycles. The molecule has 0 amide bonds. The van der Waals surface area contributed by atoms with Crippen molar-refractivity contribution in [3.63, 3.8) is 0 Å². The van der Waals surface area contributed by atoms with Crippen molar-refractivity contribution in [2.75, 3.05) is 27.0 Å². The first-order valence-corrected chi connectivity index (χ1v) is 7.84. The number of thioether (sulfide) groups is 1. The van der Waals surface area contributed by atoms with E-state index in [9.17, 15) is 0 Å². The molecule has 0 radical (unpaired) electrons. The van der Waals surface area contributed by atoms with E-state index in [-0.39, 0.29) is 6.04 Å². The lowest BCUT2D eigenvalue weighted by molar-refractivity contribution is 0.404. The van der Waals surface area contributed by atoms with Gasteiger partial charge in [-0.2, -0.15) is 0 Å². The molecule has 4 heteroatoms. The van der Waals surface area contributed by atoms with Crippen LogP contribution >= 0.6 is 11.8 Å². The number of hydrogen-bond acceptors (Lipinski definition) is 4. The second kappa shape index (κ2) is 7.96. The van der Waals surface area contributed by atoms with Gasteiger partial charge in [-0.25, -0.2) is 0 Å². The molecule has 112 valence electrons. The van der Waals surface area contributed by atoms with Crippen LogP contribution in [0, 0.1) is 0 Å². The summed E-state index contributed by atoms with van der Waals surface area (Å²) in [5.41, 5.74) is 1.18. The summed E-state index contributed by atoms with van der Waals surface area (Å²) in [6, 6.07) is 16.5. The maximum absolute atomic E-state index is 5.45. The van der Waals surface area contributed by atoms with Gasteiger partial charge in [0.05, 0.1) is 14.2 Å². The lowest BCUT2D eigenvalue weighted by Gasteiger charge is -2.19. The molecule has 2 rings (SSSR count). The van der Waals surface area contributed by atoms with E-state index in [1.807, 2.05) is 37.4 Å². The topological polar surface area (TPSA) is 30.5 Å². The summed E-state index contributed by atoms with van der Waals surface area (Å²) in [6.45, 7) is 0. The second-order valence-corrected chi connectivity index (χ2v) is 5.67. The fourth-order valence-corrected chi connectivity index (χ4v) is 3.23. The van der Waals surface area contributed by atoms with Gasteiger partial charge in [0.15, 0.2) is 0 Å². The Morgan fingerprint density at radius 1 is 1.05 bits per heavy atom. The molecule has 0 aliphatic heterocycles. The van der Waals surface area contributed by atoms with E-state index in [1.54, 1.807) is 26.0 Å². The average molecular weight is 303 g/mol. The van der Waals surface area contributed by atoms with E-state index in [1.165, 1.54) is 10.5 Å². The molecule has 0 saturated carbocycles. The number of rotatable bonds is 7. The van der Waals surface area contributed by atoms with Crippen molar-refractivity contribution in [3.05, 3.63) is 54.1 Å². The number of methoxy groups -OCH3 is 2. The fourth-order valence-electron chi connectivity index (χ4n) is 2.15. The van der Waals surface area contributed by atoms with Crippen molar-refractivity contribution in [1.29, 1.82) is 0 Å². The summed E-state index contributed by atoms with van der Waals surface area (Å²) < 4.78 is 10.7. The predicted molar refractivity (Wildman–Crippen MR) is 88.5 cm³/mol. The van der Waals surface area contributed by atoms with Crippen molar-refractivity contribution < 1.29 is 9.47 Å². The summed E-state index contributed by atoms with van der Waals surface area (Å²) in [5, 5.41) is 3.36. The van der Waals surface area contributed by atoms with E-state index in [4.69, 9.17) is 9.47 Å². The monoisotopic (exact) mass is 303 g/mol. The predicted octanol–water partition coefficient (Wildman–Crippen LogP) is 3.76. The van der Waals surface area contributed by atoms with Gasteiger partial charge >= 0.3 is 0 Å². The highest BCUT2D eigenvalue weighted by Crippen LogP contribution is 2.30. The average Bonchev–Trinajstić information content (AvgIpc) is 2.56. The third-order valence-electron chi connectivity index (χ3n) is 3.32. The summed E-state index contributed by atoms with van der Waals surface area (Å²) in [4.78, 5) is 1.20. The number of benzene rings is 2. The molecule has 0 aliphatic carbocycles. The van der Waals surface area contributed by atoms with E-state index in [2.05, 4.69) is 23.5 Å². The smallest absolute Gasteiger partial charge is 0.123 e. The first-order chi connectivity index (χ1) is 10.3. The van der Waals surface area contributed by atoms with Gasteiger partial charge in [0.2, 0.25) is 0 Å². The lowest BCUT2D eigenvalue weighted by Crippen LogP contribution is -2.19. The van der Waals surface area contributed by atoms with Crippen LogP contribution in [0.5, 0.6) is 11.5 Å². The molecule has 1 N–H and O–H groups in total. The number of ether oxygens (including phenoxy) is 2. The Labute approximate surface area is 130 Å². The molecule has 0 spiro atoms. The number of para-hydroxylation sites is 1. The van der Waals surface area contributed by atoms with Gasteiger partial charge in [0, 0.05) is 22.3 Å². The molecular formula is C17H21NO2S. The van der Waals surface area contributed by atoms with Crippen LogP contribution in [0.25, 0.3) is 0 Å². The van der Waals surface area contributed by atoms with Crippen molar-refractivity contribution in [1.82, 2.24) is 5.32 Å². The SMILES string of the molecule is CNC(CSc1cccc(OC)c1)c1ccccc1OC. The Morgan fingerprint density at radius 2 is 1.86 bits per heavy atom. The quantitative estimate of drug-likeness (QED) is 0.789. The minimum Gasteiger partial charge on any atom is -0.497 e. The van der Waals surface area contributed by atoms with Crippen LogP contribution in [0.3, 0.4) is 0 Å². The van der Waals surface area contributed by atoms with Crippen LogP contribution in [0.15, 0.2) is 53.4 Å². The fraction of sp³-hybridized carbons (Fsp3) is 0.294. The van der Waals surface area contributed by atoms with Crippen LogP contribution in [0.4, 0.5) is 0 Å². The molecule has 21 heavy (non-hydrogen) atoms. The highest BCUT2D eigenvalue weighted by Gasteiger charge is 2.14. The zero-order valence-corrected chi connectivity index (χ0v) is 13.4. The summed E-state index contributed by atoms with van der Waals surface area (Å²) in [6.07, 6.45) is 0. The van der Waals surface area contributed by atoms with E-state index < -0.39 is 0 Å². The first-order valence-electron chi connectivity index (χ1n) is 6.85. The third kappa shape index (κ3) is 4.16.